The molecule has 0 aromatic heterocycles. The molecule has 5 nitrogen and oxygen atoms in total. The summed E-state index contributed by atoms with van der Waals surface area (Å²) in [5, 5.41) is 20.9. The summed E-state index contributed by atoms with van der Waals surface area (Å²) in [6.07, 6.45) is 0. The molecule has 2 radical (unpaired) electrons. The van der Waals surface area contributed by atoms with Crippen molar-refractivity contribution in [1.82, 2.24) is 0 Å². The van der Waals surface area contributed by atoms with Gasteiger partial charge in [0.25, 0.3) is 7.98 Å². The van der Waals surface area contributed by atoms with Crippen LogP contribution in [0.5, 0.6) is 0 Å². The number of hydrogen-bond acceptors (Lipinski definition) is 4. The molecule has 1 rings (SSSR count). The molecule has 0 saturated heterocycles. The molecule has 0 atom stereocenters. The van der Waals surface area contributed by atoms with Gasteiger partial charge >= 0.3 is 0 Å². The van der Waals surface area contributed by atoms with Gasteiger partial charge in [-0.15, -0.1) is 0 Å². The van der Waals surface area contributed by atoms with E-state index in [1.54, 1.807) is 24.3 Å². The minimum absolute atomic E-state index is 0.486. The van der Waals surface area contributed by atoms with Crippen LogP contribution in [0.2, 0.25) is 0 Å². The van der Waals surface area contributed by atoms with E-state index in [0.29, 0.717) is 16.2 Å². The zero-order valence-corrected chi connectivity index (χ0v) is 7.08. The summed E-state index contributed by atoms with van der Waals surface area (Å²) in [7, 11) is 6.17. The number of azo groups is 1. The molecule has 0 heterocycles. The quantitative estimate of drug-likeness (QED) is 0.293. The van der Waals surface area contributed by atoms with E-state index in [0.717, 1.165) is 0 Å². The van der Waals surface area contributed by atoms with Crippen LogP contribution in [0, 0.1) is 5.21 Å². The van der Waals surface area contributed by atoms with Gasteiger partial charge in [0.2, 0.25) is 0 Å². The minimum Gasteiger partial charge on any atom is -0.600 e. The molecule has 64 valence electrons. The van der Waals surface area contributed by atoms with E-state index in [-0.39, 0.29) is 0 Å². The number of rotatable bonds is 2. The standard InChI is InChI=1S/C7H7BN4O/c1-12(13)10-7-4-2-6(3-5-7)9-11-8/h2-5H,1H3. The van der Waals surface area contributed by atoms with Crippen molar-refractivity contribution in [3.8, 4) is 0 Å². The van der Waals surface area contributed by atoms with Crippen LogP contribution in [0.3, 0.4) is 0 Å². The van der Waals surface area contributed by atoms with Gasteiger partial charge in [-0.25, -0.2) is 0 Å². The second-order valence-corrected chi connectivity index (χ2v) is 2.30. The van der Waals surface area contributed by atoms with Crippen LogP contribution in [0.1, 0.15) is 0 Å². The topological polar surface area (TPSA) is 63.1 Å². The van der Waals surface area contributed by atoms with Crippen molar-refractivity contribution >= 4 is 19.4 Å². The van der Waals surface area contributed by atoms with Crippen LogP contribution >= 0.6 is 0 Å². The zero-order chi connectivity index (χ0) is 9.68. The predicted molar refractivity (Wildman–Crippen MR) is 48.4 cm³/mol. The number of nitrogens with zero attached hydrogens (tertiary/aromatic N) is 4. The van der Waals surface area contributed by atoms with Gasteiger partial charge in [-0.3, -0.25) is 5.03 Å². The van der Waals surface area contributed by atoms with Crippen LogP contribution in [-0.4, -0.2) is 19.9 Å². The Kier molecular flexibility index (Phi) is 3.13. The normalized spacial score (nSPS) is 12.2. The third-order valence-electron chi connectivity index (χ3n) is 1.28. The second kappa shape index (κ2) is 4.35. The molecule has 0 aliphatic rings. The van der Waals surface area contributed by atoms with Gasteiger partial charge in [0, 0.05) is 5.11 Å². The molecule has 13 heavy (non-hydrogen) atoms. The highest BCUT2D eigenvalue weighted by Gasteiger charge is 1.93. The monoisotopic (exact) mass is 174 g/mol. The fourth-order valence-electron chi connectivity index (χ4n) is 0.815. The lowest BCUT2D eigenvalue weighted by atomic mass is 10.3. The summed E-state index contributed by atoms with van der Waals surface area (Å²) in [5.74, 6) is 0. The van der Waals surface area contributed by atoms with Crippen molar-refractivity contribution in [2.24, 2.45) is 15.3 Å². The van der Waals surface area contributed by atoms with E-state index in [1.165, 1.54) is 7.05 Å². The SMILES string of the molecule is [B]N=Nc1ccc(N=[N+](C)[O-])cc1. The minimum atomic E-state index is 0.486. The van der Waals surface area contributed by atoms with Crippen LogP contribution < -0.4 is 0 Å². The van der Waals surface area contributed by atoms with Crippen molar-refractivity contribution in [3.05, 3.63) is 29.5 Å². The van der Waals surface area contributed by atoms with E-state index in [4.69, 9.17) is 7.98 Å². The van der Waals surface area contributed by atoms with E-state index in [1.807, 2.05) is 0 Å². The molecule has 0 saturated carbocycles. The molecule has 0 fully saturated rings. The summed E-state index contributed by atoms with van der Waals surface area (Å²) < 4.78 is 0. The van der Waals surface area contributed by atoms with Crippen molar-refractivity contribution in [1.29, 1.82) is 0 Å². The third kappa shape index (κ3) is 3.02. The first-order valence-electron chi connectivity index (χ1n) is 3.56. The Morgan fingerprint density at radius 2 is 1.77 bits per heavy atom. The Balaban J connectivity index is 2.87. The van der Waals surface area contributed by atoms with Crippen LogP contribution in [0.15, 0.2) is 39.5 Å². The van der Waals surface area contributed by atoms with Gasteiger partial charge in [0.1, 0.15) is 5.69 Å². The first-order chi connectivity index (χ1) is 6.22. The molecule has 0 N–H and O–H groups in total. The second-order valence-electron chi connectivity index (χ2n) is 2.30. The Labute approximate surface area is 76.8 Å². The Morgan fingerprint density at radius 1 is 1.23 bits per heavy atom. The first-order valence-corrected chi connectivity index (χ1v) is 3.56. The average molecular weight is 174 g/mol. The van der Waals surface area contributed by atoms with Crippen LogP contribution in [0.25, 0.3) is 0 Å². The van der Waals surface area contributed by atoms with Crippen LogP contribution in [0.4, 0.5) is 11.4 Å². The molecular weight excluding hydrogens is 167 g/mol. The lowest BCUT2D eigenvalue weighted by molar-refractivity contribution is -0.493. The molecule has 0 aliphatic carbocycles. The van der Waals surface area contributed by atoms with Gasteiger partial charge in [0.15, 0.2) is 7.05 Å². The smallest absolute Gasteiger partial charge is 0.293 e. The molecule has 0 bridgehead atoms. The van der Waals surface area contributed by atoms with Crippen LogP contribution in [-0.2, 0) is 0 Å². The molecule has 0 amide bonds. The lowest BCUT2D eigenvalue weighted by Crippen LogP contribution is -1.85. The summed E-state index contributed by atoms with van der Waals surface area (Å²) in [6.45, 7) is 0. The molecule has 1 aromatic carbocycles. The van der Waals surface area contributed by atoms with Crippen molar-refractivity contribution in [2.75, 3.05) is 7.05 Å². The molecule has 0 spiro atoms. The maximum Gasteiger partial charge on any atom is 0.293 e. The summed E-state index contributed by atoms with van der Waals surface area (Å²) >= 11 is 0. The van der Waals surface area contributed by atoms with Gasteiger partial charge in [-0.1, -0.05) is 4.86 Å². The maximum absolute atomic E-state index is 10.5. The predicted octanol–water partition coefficient (Wildman–Crippen LogP) is 2.08. The highest BCUT2D eigenvalue weighted by molar-refractivity contribution is 6.04. The van der Waals surface area contributed by atoms with E-state index in [9.17, 15) is 5.21 Å². The fraction of sp³-hybridized carbons (Fsp3) is 0.143. The third-order valence-corrected chi connectivity index (χ3v) is 1.28. The Morgan fingerprint density at radius 3 is 2.23 bits per heavy atom. The molecular formula is C7H7BN4O. The largest absolute Gasteiger partial charge is 0.600 e. The highest BCUT2D eigenvalue weighted by Crippen LogP contribution is 2.18. The molecule has 0 unspecified atom stereocenters. The Bertz CT molecular complexity index is 329. The van der Waals surface area contributed by atoms with Crippen molar-refractivity contribution in [2.45, 2.75) is 0 Å². The van der Waals surface area contributed by atoms with E-state index in [2.05, 4.69) is 15.3 Å². The maximum atomic E-state index is 10.5. The van der Waals surface area contributed by atoms with E-state index < -0.39 is 0 Å². The average Bonchev–Trinajstić information content (AvgIpc) is 2.08. The van der Waals surface area contributed by atoms with Gasteiger partial charge in [-0.05, 0) is 24.3 Å². The van der Waals surface area contributed by atoms with Gasteiger partial charge in [0.05, 0.1) is 5.69 Å². The number of benzene rings is 1. The highest BCUT2D eigenvalue weighted by atomic mass is 16.5. The van der Waals surface area contributed by atoms with Crippen molar-refractivity contribution in [3.63, 3.8) is 0 Å². The van der Waals surface area contributed by atoms with Crippen molar-refractivity contribution < 1.29 is 4.86 Å². The zero-order valence-electron chi connectivity index (χ0n) is 7.08. The fourth-order valence-corrected chi connectivity index (χ4v) is 0.815. The number of hydroxylamine groups is 1. The lowest BCUT2D eigenvalue weighted by Gasteiger charge is -1.93. The summed E-state index contributed by atoms with van der Waals surface area (Å²) in [6, 6.07) is 6.63. The van der Waals surface area contributed by atoms with E-state index >= 15 is 0 Å². The summed E-state index contributed by atoms with van der Waals surface area (Å²) in [4.78, 5) is 0.486. The molecule has 1 aromatic rings. The Hall–Kier alpha value is -1.72. The van der Waals surface area contributed by atoms with Gasteiger partial charge in [-0.2, -0.15) is 5.11 Å². The molecule has 6 heteroatoms. The number of hydrogen-bond donors (Lipinski definition) is 0. The summed E-state index contributed by atoms with van der Waals surface area (Å²) in [5.41, 5.74) is 1.18. The first kappa shape index (κ1) is 9.37. The molecule has 0 aliphatic heterocycles. The van der Waals surface area contributed by atoms with Gasteiger partial charge < -0.3 is 5.21 Å².